The molecule has 194 valence electrons. The van der Waals surface area contributed by atoms with Crippen molar-refractivity contribution < 1.29 is 9.13 Å². The summed E-state index contributed by atoms with van der Waals surface area (Å²) in [7, 11) is 1.53. The van der Waals surface area contributed by atoms with Gasteiger partial charge in [0.2, 0.25) is 0 Å². The number of aromatic nitrogens is 6. The average Bonchev–Trinajstić information content (AvgIpc) is 3.72. The lowest BCUT2D eigenvalue weighted by Gasteiger charge is -2.14. The maximum Gasteiger partial charge on any atom is 0.181 e. The molecule has 5 aromatic heterocycles. The minimum Gasteiger partial charge on any atom is -0.497 e. The Morgan fingerprint density at radius 3 is 2.59 bits per heavy atom. The Labute approximate surface area is 223 Å². The van der Waals surface area contributed by atoms with Gasteiger partial charge in [0.25, 0.3) is 0 Å². The Morgan fingerprint density at radius 1 is 0.872 bits per heavy atom. The Balaban J connectivity index is 1.28. The van der Waals surface area contributed by atoms with Crippen molar-refractivity contribution >= 4 is 21.9 Å². The van der Waals surface area contributed by atoms with E-state index >= 15 is 0 Å². The van der Waals surface area contributed by atoms with Crippen molar-refractivity contribution in [1.82, 2.24) is 35.0 Å². The molecule has 6 aromatic rings. The lowest BCUT2D eigenvalue weighted by Crippen LogP contribution is -2.18. The molecule has 1 fully saturated rings. The normalized spacial score (nSPS) is 14.0. The fourth-order valence-electron chi connectivity index (χ4n) is 5.45. The van der Waals surface area contributed by atoms with Gasteiger partial charge in [-0.3, -0.25) is 20.0 Å². The van der Waals surface area contributed by atoms with Crippen LogP contribution in [0.4, 0.5) is 4.39 Å². The predicted molar refractivity (Wildman–Crippen MR) is 149 cm³/mol. The van der Waals surface area contributed by atoms with E-state index in [1.807, 2.05) is 24.7 Å². The molecule has 0 aliphatic carbocycles. The van der Waals surface area contributed by atoms with Crippen molar-refractivity contribution in [3.8, 4) is 39.4 Å². The van der Waals surface area contributed by atoms with Crippen molar-refractivity contribution in [2.24, 2.45) is 0 Å². The van der Waals surface area contributed by atoms with Crippen LogP contribution in [0.2, 0.25) is 0 Å². The van der Waals surface area contributed by atoms with Crippen LogP contribution >= 0.6 is 0 Å². The van der Waals surface area contributed by atoms with Gasteiger partial charge in [-0.2, -0.15) is 5.10 Å². The topological polar surface area (TPSA) is 95.6 Å². The van der Waals surface area contributed by atoms with Crippen LogP contribution in [0, 0.1) is 5.82 Å². The van der Waals surface area contributed by atoms with E-state index in [0.29, 0.717) is 17.0 Å². The van der Waals surface area contributed by atoms with Crippen LogP contribution in [-0.2, 0) is 6.54 Å². The number of rotatable bonds is 6. The number of pyridine rings is 3. The molecular weight excluding hydrogens is 493 g/mol. The van der Waals surface area contributed by atoms with E-state index in [1.54, 1.807) is 18.5 Å². The summed E-state index contributed by atoms with van der Waals surface area (Å²) in [6, 6.07) is 11.0. The van der Waals surface area contributed by atoms with E-state index in [4.69, 9.17) is 4.74 Å². The SMILES string of the molecule is COc1cc(F)cc(-c2cncc3[nH]c(-c4[nH]nc5ncc(-c6cncc(CN7CCCC7)c6)cc45)cc23)c1. The van der Waals surface area contributed by atoms with Gasteiger partial charge in [0, 0.05) is 64.9 Å². The van der Waals surface area contributed by atoms with Crippen molar-refractivity contribution in [1.29, 1.82) is 0 Å². The number of ether oxygens (including phenoxy) is 1. The molecule has 1 aliphatic heterocycles. The van der Waals surface area contributed by atoms with Crippen LogP contribution in [0.1, 0.15) is 18.4 Å². The first-order valence-corrected chi connectivity index (χ1v) is 13.0. The molecule has 8 nitrogen and oxygen atoms in total. The van der Waals surface area contributed by atoms with Gasteiger partial charge in [0.1, 0.15) is 11.6 Å². The molecule has 0 saturated carbocycles. The van der Waals surface area contributed by atoms with Gasteiger partial charge < -0.3 is 9.72 Å². The maximum absolute atomic E-state index is 14.3. The third-order valence-electron chi connectivity index (χ3n) is 7.38. The fourth-order valence-corrected chi connectivity index (χ4v) is 5.45. The summed E-state index contributed by atoms with van der Waals surface area (Å²) in [6.45, 7) is 3.20. The smallest absolute Gasteiger partial charge is 0.181 e. The van der Waals surface area contributed by atoms with E-state index in [9.17, 15) is 4.39 Å². The summed E-state index contributed by atoms with van der Waals surface area (Å²) >= 11 is 0. The number of benzene rings is 1. The molecule has 9 heteroatoms. The van der Waals surface area contributed by atoms with Crippen LogP contribution in [0.15, 0.2) is 67.4 Å². The molecular formula is C30H26FN7O. The summed E-state index contributed by atoms with van der Waals surface area (Å²) in [6.07, 6.45) is 11.7. The second-order valence-electron chi connectivity index (χ2n) is 9.97. The van der Waals surface area contributed by atoms with Gasteiger partial charge >= 0.3 is 0 Å². The Morgan fingerprint density at radius 2 is 1.72 bits per heavy atom. The fraction of sp³-hybridized carbons (Fsp3) is 0.200. The summed E-state index contributed by atoms with van der Waals surface area (Å²) in [5.41, 5.74) is 7.81. The minimum absolute atomic E-state index is 0.366. The van der Waals surface area contributed by atoms with Crippen LogP contribution < -0.4 is 4.74 Å². The molecule has 6 heterocycles. The van der Waals surface area contributed by atoms with E-state index < -0.39 is 0 Å². The van der Waals surface area contributed by atoms with Crippen LogP contribution in [0.5, 0.6) is 5.75 Å². The number of nitrogens with zero attached hydrogens (tertiary/aromatic N) is 5. The number of H-pyrrole nitrogens is 2. The van der Waals surface area contributed by atoms with Crippen LogP contribution in [0.3, 0.4) is 0 Å². The van der Waals surface area contributed by atoms with Crippen LogP contribution in [-0.4, -0.2) is 55.2 Å². The van der Waals surface area contributed by atoms with Gasteiger partial charge in [0.05, 0.1) is 30.2 Å². The zero-order valence-electron chi connectivity index (χ0n) is 21.4. The molecule has 1 saturated heterocycles. The monoisotopic (exact) mass is 519 g/mol. The molecule has 39 heavy (non-hydrogen) atoms. The third kappa shape index (κ3) is 4.40. The lowest BCUT2D eigenvalue weighted by atomic mass is 10.0. The van der Waals surface area contributed by atoms with Crippen LogP contribution in [0.25, 0.3) is 55.6 Å². The molecule has 0 unspecified atom stereocenters. The zero-order chi connectivity index (χ0) is 26.3. The Kier molecular flexibility index (Phi) is 5.78. The summed E-state index contributed by atoms with van der Waals surface area (Å²) in [4.78, 5) is 19.4. The largest absolute Gasteiger partial charge is 0.497 e. The van der Waals surface area contributed by atoms with E-state index in [-0.39, 0.29) is 5.82 Å². The zero-order valence-corrected chi connectivity index (χ0v) is 21.4. The number of likely N-dealkylation sites (tertiary alicyclic amines) is 1. The second-order valence-corrected chi connectivity index (χ2v) is 9.97. The quantitative estimate of drug-likeness (QED) is 0.281. The number of nitrogens with one attached hydrogen (secondary N) is 2. The highest BCUT2D eigenvalue weighted by Gasteiger charge is 2.17. The minimum atomic E-state index is -0.366. The number of aromatic amines is 2. The summed E-state index contributed by atoms with van der Waals surface area (Å²) in [5, 5.41) is 9.40. The highest BCUT2D eigenvalue weighted by atomic mass is 19.1. The molecule has 1 aliphatic rings. The van der Waals surface area contributed by atoms with Gasteiger partial charge in [-0.25, -0.2) is 9.37 Å². The van der Waals surface area contributed by atoms with Crippen molar-refractivity contribution in [3.05, 3.63) is 78.8 Å². The number of methoxy groups -OCH3 is 1. The molecule has 2 N–H and O–H groups in total. The third-order valence-corrected chi connectivity index (χ3v) is 7.38. The first-order chi connectivity index (χ1) is 19.1. The molecule has 0 bridgehead atoms. The molecule has 0 atom stereocenters. The van der Waals surface area contributed by atoms with Crippen molar-refractivity contribution in [2.45, 2.75) is 19.4 Å². The van der Waals surface area contributed by atoms with E-state index in [2.05, 4.69) is 47.2 Å². The molecule has 0 radical (unpaired) electrons. The van der Waals surface area contributed by atoms with Gasteiger partial charge in [-0.05, 0) is 67.4 Å². The lowest BCUT2D eigenvalue weighted by molar-refractivity contribution is 0.331. The van der Waals surface area contributed by atoms with E-state index in [0.717, 1.165) is 64.0 Å². The predicted octanol–water partition coefficient (Wildman–Crippen LogP) is 5.97. The molecule has 7 rings (SSSR count). The van der Waals surface area contributed by atoms with Gasteiger partial charge in [0.15, 0.2) is 5.65 Å². The first-order valence-electron chi connectivity index (χ1n) is 13.0. The summed E-state index contributed by atoms with van der Waals surface area (Å²) in [5.74, 6) is 0.0872. The Hall–Kier alpha value is -4.63. The molecule has 1 aromatic carbocycles. The first kappa shape index (κ1) is 23.5. The van der Waals surface area contributed by atoms with Gasteiger partial charge in [-0.1, -0.05) is 0 Å². The van der Waals surface area contributed by atoms with Crippen molar-refractivity contribution in [2.75, 3.05) is 20.2 Å². The highest BCUT2D eigenvalue weighted by Crippen LogP contribution is 2.35. The highest BCUT2D eigenvalue weighted by molar-refractivity contribution is 6.00. The number of hydrogen-bond acceptors (Lipinski definition) is 6. The van der Waals surface area contributed by atoms with E-state index in [1.165, 1.54) is 37.6 Å². The second kappa shape index (κ2) is 9.59. The van der Waals surface area contributed by atoms with Crippen molar-refractivity contribution in [3.63, 3.8) is 0 Å². The number of halogens is 1. The summed E-state index contributed by atoms with van der Waals surface area (Å²) < 4.78 is 19.5. The molecule has 0 spiro atoms. The average molecular weight is 520 g/mol. The Bertz CT molecular complexity index is 1820. The molecule has 0 amide bonds. The maximum atomic E-state index is 14.3. The van der Waals surface area contributed by atoms with Gasteiger partial charge in [-0.15, -0.1) is 0 Å². The standard InChI is InChI=1S/C30H26FN7O/c1-39-23-8-19(7-22(31)10-23)26-15-33-16-28-24(26)11-27(35-28)29-25-9-21(14-34-30(25)37-36-29)20-6-18(12-32-13-20)17-38-4-2-3-5-38/h6-16,35H,2-5,17H2,1H3,(H,34,36,37). The number of fused-ring (bicyclic) bond motifs is 2. The number of hydrogen-bond donors (Lipinski definition) is 2.